The molecule has 0 saturated carbocycles. The number of benzene rings is 1. The SMILES string of the molecule is CCC1CN(C(=O)c2ccc(O)cc2O)CCC1=O. The molecule has 0 aromatic heterocycles. The molecule has 5 nitrogen and oxygen atoms in total. The van der Waals surface area contributed by atoms with Gasteiger partial charge < -0.3 is 15.1 Å². The highest BCUT2D eigenvalue weighted by molar-refractivity contribution is 5.98. The van der Waals surface area contributed by atoms with Crippen LogP contribution in [0, 0.1) is 5.92 Å². The number of hydrogen-bond donors (Lipinski definition) is 2. The Kier molecular flexibility index (Phi) is 3.74. The summed E-state index contributed by atoms with van der Waals surface area (Å²) in [6.07, 6.45) is 1.08. The lowest BCUT2D eigenvalue weighted by Gasteiger charge is -2.31. The lowest BCUT2D eigenvalue weighted by Crippen LogP contribution is -2.43. The van der Waals surface area contributed by atoms with E-state index in [1.807, 2.05) is 6.92 Å². The van der Waals surface area contributed by atoms with Gasteiger partial charge in [0, 0.05) is 31.5 Å². The number of nitrogens with zero attached hydrogens (tertiary/aromatic N) is 1. The van der Waals surface area contributed by atoms with Crippen LogP contribution in [0.5, 0.6) is 11.5 Å². The van der Waals surface area contributed by atoms with Crippen LogP contribution in [0.15, 0.2) is 18.2 Å². The Hall–Kier alpha value is -2.04. The Bertz CT molecular complexity index is 512. The zero-order valence-corrected chi connectivity index (χ0v) is 10.8. The van der Waals surface area contributed by atoms with Gasteiger partial charge in [0.05, 0.1) is 5.56 Å². The van der Waals surface area contributed by atoms with Crippen molar-refractivity contribution in [2.24, 2.45) is 5.92 Å². The third-order valence-corrected chi connectivity index (χ3v) is 3.52. The molecule has 1 fully saturated rings. The number of carbonyl (C=O) groups is 2. The van der Waals surface area contributed by atoms with Crippen LogP contribution < -0.4 is 0 Å². The quantitative estimate of drug-likeness (QED) is 0.848. The van der Waals surface area contributed by atoms with Crippen molar-refractivity contribution in [2.75, 3.05) is 13.1 Å². The summed E-state index contributed by atoms with van der Waals surface area (Å²) in [4.78, 5) is 25.5. The number of Topliss-reactive ketones (excluding diaryl/α,β-unsaturated/α-hetero) is 1. The van der Waals surface area contributed by atoms with Gasteiger partial charge in [0.2, 0.25) is 0 Å². The van der Waals surface area contributed by atoms with E-state index in [0.717, 1.165) is 6.07 Å². The largest absolute Gasteiger partial charge is 0.508 e. The highest BCUT2D eigenvalue weighted by Crippen LogP contribution is 2.25. The predicted molar refractivity (Wildman–Crippen MR) is 69.1 cm³/mol. The van der Waals surface area contributed by atoms with Crippen LogP contribution in [0.1, 0.15) is 30.1 Å². The van der Waals surface area contributed by atoms with E-state index < -0.39 is 0 Å². The molecule has 0 bridgehead atoms. The van der Waals surface area contributed by atoms with Gasteiger partial charge in [0.15, 0.2) is 0 Å². The van der Waals surface area contributed by atoms with Crippen molar-refractivity contribution in [3.63, 3.8) is 0 Å². The third-order valence-electron chi connectivity index (χ3n) is 3.52. The average Bonchev–Trinajstić information content (AvgIpc) is 2.38. The molecule has 1 heterocycles. The van der Waals surface area contributed by atoms with E-state index in [1.54, 1.807) is 4.90 Å². The van der Waals surface area contributed by atoms with Crippen LogP contribution in [0.3, 0.4) is 0 Å². The second kappa shape index (κ2) is 5.30. The fourth-order valence-corrected chi connectivity index (χ4v) is 2.32. The Morgan fingerprint density at radius 3 is 2.79 bits per heavy atom. The topological polar surface area (TPSA) is 77.8 Å². The number of phenolic OH excluding ortho intramolecular Hbond substituents is 2. The van der Waals surface area contributed by atoms with Crippen molar-refractivity contribution < 1.29 is 19.8 Å². The molecule has 1 aliphatic rings. The molecular weight excluding hydrogens is 246 g/mol. The minimum atomic E-state index is -0.302. The number of likely N-dealkylation sites (tertiary alicyclic amines) is 1. The number of rotatable bonds is 2. The highest BCUT2D eigenvalue weighted by Gasteiger charge is 2.29. The minimum absolute atomic E-state index is 0.0886. The molecule has 1 aliphatic heterocycles. The molecule has 0 aliphatic carbocycles. The molecular formula is C14H17NO4. The van der Waals surface area contributed by atoms with Crippen molar-refractivity contribution >= 4 is 11.7 Å². The Balaban J connectivity index is 2.18. The van der Waals surface area contributed by atoms with Gasteiger partial charge in [-0.15, -0.1) is 0 Å². The van der Waals surface area contributed by atoms with E-state index in [4.69, 9.17) is 0 Å². The van der Waals surface area contributed by atoms with E-state index >= 15 is 0 Å². The summed E-state index contributed by atoms with van der Waals surface area (Å²) in [6, 6.07) is 3.89. The molecule has 0 spiro atoms. The lowest BCUT2D eigenvalue weighted by molar-refractivity contribution is -0.125. The van der Waals surface area contributed by atoms with Crippen molar-refractivity contribution in [1.29, 1.82) is 0 Å². The molecule has 1 aromatic carbocycles. The lowest BCUT2D eigenvalue weighted by atomic mass is 9.93. The van der Waals surface area contributed by atoms with Crippen LogP contribution in [0.25, 0.3) is 0 Å². The maximum Gasteiger partial charge on any atom is 0.257 e. The van der Waals surface area contributed by atoms with Crippen LogP contribution >= 0.6 is 0 Å². The van der Waals surface area contributed by atoms with Crippen LogP contribution in [0.4, 0.5) is 0 Å². The maximum atomic E-state index is 12.3. The summed E-state index contributed by atoms with van der Waals surface area (Å²) < 4.78 is 0. The van der Waals surface area contributed by atoms with Crippen molar-refractivity contribution in [3.8, 4) is 11.5 Å². The fraction of sp³-hybridized carbons (Fsp3) is 0.429. The standard InChI is InChI=1S/C14H17NO4/c1-2-9-8-15(6-5-12(9)17)14(19)11-4-3-10(16)7-13(11)18/h3-4,7,9,16,18H,2,5-6,8H2,1H3. The second-order valence-electron chi connectivity index (χ2n) is 4.77. The third kappa shape index (κ3) is 2.70. The van der Waals surface area contributed by atoms with Gasteiger partial charge in [-0.05, 0) is 18.6 Å². The number of piperidine rings is 1. The van der Waals surface area contributed by atoms with Crippen molar-refractivity contribution in [2.45, 2.75) is 19.8 Å². The summed E-state index contributed by atoms with van der Waals surface area (Å²) in [5.74, 6) is -0.550. The molecule has 1 saturated heterocycles. The van der Waals surface area contributed by atoms with Crippen molar-refractivity contribution in [3.05, 3.63) is 23.8 Å². The number of ketones is 1. The van der Waals surface area contributed by atoms with Gasteiger partial charge in [-0.3, -0.25) is 9.59 Å². The van der Waals surface area contributed by atoms with E-state index in [-0.39, 0.29) is 34.7 Å². The van der Waals surface area contributed by atoms with Crippen LogP contribution in [-0.2, 0) is 4.79 Å². The van der Waals surface area contributed by atoms with Gasteiger partial charge in [-0.25, -0.2) is 0 Å². The van der Waals surface area contributed by atoms with E-state index in [9.17, 15) is 19.8 Å². The molecule has 102 valence electrons. The van der Waals surface area contributed by atoms with E-state index in [1.165, 1.54) is 12.1 Å². The first-order valence-corrected chi connectivity index (χ1v) is 6.37. The first kappa shape index (κ1) is 13.4. The molecule has 19 heavy (non-hydrogen) atoms. The number of hydrogen-bond acceptors (Lipinski definition) is 4. The molecule has 2 rings (SSSR count). The molecule has 1 aromatic rings. The number of carbonyl (C=O) groups excluding carboxylic acids is 2. The second-order valence-corrected chi connectivity index (χ2v) is 4.77. The zero-order valence-electron chi connectivity index (χ0n) is 10.8. The number of phenols is 2. The monoisotopic (exact) mass is 263 g/mol. The first-order valence-electron chi connectivity index (χ1n) is 6.37. The van der Waals surface area contributed by atoms with Crippen LogP contribution in [-0.4, -0.2) is 39.9 Å². The smallest absolute Gasteiger partial charge is 0.257 e. The molecule has 2 N–H and O–H groups in total. The van der Waals surface area contributed by atoms with Crippen LogP contribution in [0.2, 0.25) is 0 Å². The first-order chi connectivity index (χ1) is 9.02. The number of aromatic hydroxyl groups is 2. The van der Waals surface area contributed by atoms with Gasteiger partial charge >= 0.3 is 0 Å². The Labute approximate surface area is 111 Å². The Morgan fingerprint density at radius 2 is 2.16 bits per heavy atom. The maximum absolute atomic E-state index is 12.3. The van der Waals surface area contributed by atoms with Gasteiger partial charge in [0.1, 0.15) is 17.3 Å². The molecule has 1 amide bonds. The Morgan fingerprint density at radius 1 is 1.42 bits per heavy atom. The van der Waals surface area contributed by atoms with Gasteiger partial charge in [-0.2, -0.15) is 0 Å². The van der Waals surface area contributed by atoms with Gasteiger partial charge in [-0.1, -0.05) is 6.92 Å². The predicted octanol–water partition coefficient (Wildman–Crippen LogP) is 1.54. The molecule has 1 unspecified atom stereocenters. The molecule has 1 atom stereocenters. The van der Waals surface area contributed by atoms with E-state index in [2.05, 4.69) is 0 Å². The molecule has 0 radical (unpaired) electrons. The summed E-state index contributed by atoms with van der Waals surface area (Å²) >= 11 is 0. The van der Waals surface area contributed by atoms with E-state index in [0.29, 0.717) is 25.9 Å². The fourth-order valence-electron chi connectivity index (χ4n) is 2.32. The van der Waals surface area contributed by atoms with Gasteiger partial charge in [0.25, 0.3) is 5.91 Å². The zero-order chi connectivity index (χ0) is 14.0. The summed E-state index contributed by atoms with van der Waals surface area (Å²) in [5, 5.41) is 18.9. The van der Waals surface area contributed by atoms with Crippen molar-refractivity contribution in [1.82, 2.24) is 4.90 Å². The number of amides is 1. The minimum Gasteiger partial charge on any atom is -0.508 e. The summed E-state index contributed by atoms with van der Waals surface area (Å²) in [7, 11) is 0. The molecule has 5 heteroatoms. The average molecular weight is 263 g/mol. The highest BCUT2D eigenvalue weighted by atomic mass is 16.3. The normalized spacial score (nSPS) is 19.5. The summed E-state index contributed by atoms with van der Waals surface area (Å²) in [5.41, 5.74) is 0.155. The summed E-state index contributed by atoms with van der Waals surface area (Å²) in [6.45, 7) is 2.71.